The van der Waals surface area contributed by atoms with Crippen molar-refractivity contribution in [2.24, 2.45) is 17.3 Å². The SMILES string of the molecule is CCCC(CS)(CCC)CN1CCC2CCCCC2C1. The molecule has 0 N–H and O–H groups in total. The quantitative estimate of drug-likeness (QED) is 0.646. The van der Waals surface area contributed by atoms with E-state index < -0.39 is 0 Å². The van der Waals surface area contributed by atoms with Crippen LogP contribution in [0.2, 0.25) is 0 Å². The molecule has 1 nitrogen and oxygen atoms in total. The van der Waals surface area contributed by atoms with Crippen molar-refractivity contribution in [2.75, 3.05) is 25.4 Å². The van der Waals surface area contributed by atoms with Crippen LogP contribution in [0.25, 0.3) is 0 Å². The molecule has 2 fully saturated rings. The molecule has 0 aromatic rings. The molecule has 118 valence electrons. The zero-order chi connectivity index (χ0) is 14.4. The standard InChI is InChI=1S/C18H35NS/c1-3-10-18(15-20,11-4-2)14-19-12-9-16-7-5-6-8-17(16)13-19/h16-17,20H,3-15H2,1-2H3. The van der Waals surface area contributed by atoms with Gasteiger partial charge in [0, 0.05) is 13.1 Å². The average Bonchev–Trinajstić information content (AvgIpc) is 2.47. The number of likely N-dealkylation sites (tertiary alicyclic amines) is 1. The third kappa shape index (κ3) is 4.16. The van der Waals surface area contributed by atoms with Crippen LogP contribution in [0.1, 0.15) is 71.6 Å². The van der Waals surface area contributed by atoms with E-state index in [-0.39, 0.29) is 0 Å². The number of rotatable bonds is 7. The Labute approximate surface area is 132 Å². The molecule has 2 heteroatoms. The van der Waals surface area contributed by atoms with Gasteiger partial charge in [0.1, 0.15) is 0 Å². The number of fused-ring (bicyclic) bond motifs is 1. The minimum atomic E-state index is 0.480. The van der Waals surface area contributed by atoms with Crippen molar-refractivity contribution >= 4 is 12.6 Å². The van der Waals surface area contributed by atoms with E-state index in [1.165, 1.54) is 77.4 Å². The summed E-state index contributed by atoms with van der Waals surface area (Å²) in [4.78, 5) is 2.80. The highest BCUT2D eigenvalue weighted by Gasteiger charge is 2.35. The molecule has 0 aromatic carbocycles. The Morgan fingerprint density at radius 2 is 1.65 bits per heavy atom. The molecule has 2 aliphatic rings. The van der Waals surface area contributed by atoms with Gasteiger partial charge in [0.25, 0.3) is 0 Å². The third-order valence-corrected chi connectivity index (χ3v) is 6.50. The van der Waals surface area contributed by atoms with E-state index in [1.54, 1.807) is 0 Å². The van der Waals surface area contributed by atoms with E-state index in [1.807, 2.05) is 0 Å². The second-order valence-electron chi connectivity index (χ2n) is 7.49. The number of hydrogen-bond acceptors (Lipinski definition) is 2. The maximum Gasteiger partial charge on any atom is 0.00459 e. The van der Waals surface area contributed by atoms with Gasteiger partial charge in [0.2, 0.25) is 0 Å². The predicted molar refractivity (Wildman–Crippen MR) is 92.6 cm³/mol. The number of thiol groups is 1. The highest BCUT2D eigenvalue weighted by molar-refractivity contribution is 7.80. The van der Waals surface area contributed by atoms with E-state index in [4.69, 9.17) is 12.6 Å². The molecule has 0 spiro atoms. The smallest absolute Gasteiger partial charge is 0.00459 e. The van der Waals surface area contributed by atoms with Gasteiger partial charge in [0.05, 0.1) is 0 Å². The van der Waals surface area contributed by atoms with Crippen LogP contribution < -0.4 is 0 Å². The van der Waals surface area contributed by atoms with Crippen LogP contribution in [-0.4, -0.2) is 30.3 Å². The van der Waals surface area contributed by atoms with Gasteiger partial charge >= 0.3 is 0 Å². The molecule has 0 radical (unpaired) electrons. The van der Waals surface area contributed by atoms with E-state index in [2.05, 4.69) is 18.7 Å². The molecule has 1 heterocycles. The molecule has 1 aliphatic carbocycles. The first-order valence-corrected chi connectivity index (χ1v) is 9.69. The summed E-state index contributed by atoms with van der Waals surface area (Å²) in [6.07, 6.45) is 12.8. The fourth-order valence-electron chi connectivity index (χ4n) is 4.85. The zero-order valence-corrected chi connectivity index (χ0v) is 14.6. The molecule has 1 saturated heterocycles. The molecule has 20 heavy (non-hydrogen) atoms. The largest absolute Gasteiger partial charge is 0.302 e. The van der Waals surface area contributed by atoms with Gasteiger partial charge in [-0.25, -0.2) is 0 Å². The summed E-state index contributed by atoms with van der Waals surface area (Å²) in [6.45, 7) is 8.71. The molecule has 2 unspecified atom stereocenters. The summed E-state index contributed by atoms with van der Waals surface area (Å²) in [5.41, 5.74) is 0.480. The first kappa shape index (κ1) is 16.7. The zero-order valence-electron chi connectivity index (χ0n) is 13.7. The fraction of sp³-hybridized carbons (Fsp3) is 1.00. The van der Waals surface area contributed by atoms with Crippen LogP contribution in [0, 0.1) is 17.3 Å². The van der Waals surface area contributed by atoms with Gasteiger partial charge in [-0.2, -0.15) is 12.6 Å². The monoisotopic (exact) mass is 297 g/mol. The molecule has 0 aromatic heterocycles. The highest BCUT2D eigenvalue weighted by atomic mass is 32.1. The minimum Gasteiger partial charge on any atom is -0.302 e. The highest BCUT2D eigenvalue weighted by Crippen LogP contribution is 2.39. The van der Waals surface area contributed by atoms with Gasteiger partial charge in [-0.3, -0.25) is 0 Å². The molecule has 1 aliphatic heterocycles. The third-order valence-electron chi connectivity index (χ3n) is 5.83. The van der Waals surface area contributed by atoms with E-state index in [0.717, 1.165) is 17.6 Å². The van der Waals surface area contributed by atoms with Crippen LogP contribution in [0.15, 0.2) is 0 Å². The normalized spacial score (nSPS) is 28.4. The number of hydrogen-bond donors (Lipinski definition) is 1. The molecule has 0 amide bonds. The lowest BCUT2D eigenvalue weighted by Gasteiger charge is -2.45. The first-order chi connectivity index (χ1) is 9.73. The molecule has 2 atom stereocenters. The lowest BCUT2D eigenvalue weighted by Crippen LogP contribution is -2.47. The maximum absolute atomic E-state index is 4.73. The van der Waals surface area contributed by atoms with Gasteiger partial charge in [0.15, 0.2) is 0 Å². The van der Waals surface area contributed by atoms with Crippen molar-refractivity contribution in [3.8, 4) is 0 Å². The Morgan fingerprint density at radius 3 is 2.25 bits per heavy atom. The van der Waals surface area contributed by atoms with Crippen LogP contribution >= 0.6 is 12.6 Å². The van der Waals surface area contributed by atoms with Crippen LogP contribution in [0.3, 0.4) is 0 Å². The second-order valence-corrected chi connectivity index (χ2v) is 7.80. The number of nitrogens with zero attached hydrogens (tertiary/aromatic N) is 1. The van der Waals surface area contributed by atoms with Gasteiger partial charge in [-0.1, -0.05) is 46.0 Å². The Kier molecular flexibility index (Phi) is 6.74. The summed E-state index contributed by atoms with van der Waals surface area (Å²) in [7, 11) is 0. The van der Waals surface area contributed by atoms with Crippen molar-refractivity contribution < 1.29 is 0 Å². The Morgan fingerprint density at radius 1 is 1.00 bits per heavy atom. The summed E-state index contributed by atoms with van der Waals surface area (Å²) in [5, 5.41) is 0. The van der Waals surface area contributed by atoms with Gasteiger partial charge in [-0.15, -0.1) is 0 Å². The van der Waals surface area contributed by atoms with Crippen molar-refractivity contribution in [1.82, 2.24) is 4.90 Å². The number of piperidine rings is 1. The average molecular weight is 298 g/mol. The molecule has 1 saturated carbocycles. The Bertz CT molecular complexity index is 273. The van der Waals surface area contributed by atoms with Gasteiger partial charge in [-0.05, 0) is 55.2 Å². The topological polar surface area (TPSA) is 3.24 Å². The van der Waals surface area contributed by atoms with Crippen LogP contribution in [0.5, 0.6) is 0 Å². The molecular weight excluding hydrogens is 262 g/mol. The summed E-state index contributed by atoms with van der Waals surface area (Å²) < 4.78 is 0. The summed E-state index contributed by atoms with van der Waals surface area (Å²) >= 11 is 4.73. The fourth-order valence-corrected chi connectivity index (χ4v) is 5.26. The summed E-state index contributed by atoms with van der Waals surface area (Å²) in [5.74, 6) is 3.14. The van der Waals surface area contributed by atoms with E-state index in [0.29, 0.717) is 5.41 Å². The van der Waals surface area contributed by atoms with Gasteiger partial charge < -0.3 is 4.90 Å². The van der Waals surface area contributed by atoms with E-state index >= 15 is 0 Å². The van der Waals surface area contributed by atoms with Crippen LogP contribution in [0.4, 0.5) is 0 Å². The van der Waals surface area contributed by atoms with E-state index in [9.17, 15) is 0 Å². The van der Waals surface area contributed by atoms with Crippen molar-refractivity contribution in [3.63, 3.8) is 0 Å². The Balaban J connectivity index is 1.92. The van der Waals surface area contributed by atoms with Crippen molar-refractivity contribution in [1.29, 1.82) is 0 Å². The minimum absolute atomic E-state index is 0.480. The second kappa shape index (κ2) is 8.08. The first-order valence-electron chi connectivity index (χ1n) is 9.06. The Hall–Kier alpha value is 0.310. The molecular formula is C18H35NS. The lowest BCUT2D eigenvalue weighted by atomic mass is 9.74. The van der Waals surface area contributed by atoms with Crippen molar-refractivity contribution in [3.05, 3.63) is 0 Å². The van der Waals surface area contributed by atoms with Crippen LogP contribution in [-0.2, 0) is 0 Å². The maximum atomic E-state index is 4.73. The molecule has 2 rings (SSSR count). The predicted octanol–water partition coefficient (Wildman–Crippen LogP) is 5.01. The lowest BCUT2D eigenvalue weighted by molar-refractivity contribution is 0.0517. The summed E-state index contributed by atoms with van der Waals surface area (Å²) in [6, 6.07) is 0. The van der Waals surface area contributed by atoms with Crippen molar-refractivity contribution in [2.45, 2.75) is 71.6 Å². The molecule has 0 bridgehead atoms.